The molecule has 0 saturated heterocycles. The Morgan fingerprint density at radius 3 is 2.79 bits per heavy atom. The zero-order valence-corrected chi connectivity index (χ0v) is 8.82. The van der Waals surface area contributed by atoms with Gasteiger partial charge in [-0.2, -0.15) is 0 Å². The Balaban J connectivity index is 2.76. The molecule has 0 atom stereocenters. The maximum Gasteiger partial charge on any atom is 0.345 e. The van der Waals surface area contributed by atoms with Crippen molar-refractivity contribution in [3.05, 3.63) is 21.4 Å². The molecule has 2 aromatic rings. The van der Waals surface area contributed by atoms with Crippen molar-refractivity contribution in [1.82, 2.24) is 9.97 Å². The van der Waals surface area contributed by atoms with Gasteiger partial charge in [-0.15, -0.1) is 11.3 Å². The number of nitrogens with zero attached hydrogens (tertiary/aromatic N) is 2. The number of hydrogen-bond acceptors (Lipinski definition) is 4. The van der Waals surface area contributed by atoms with Crippen LogP contribution in [0.1, 0.15) is 9.67 Å². The number of rotatable bonds is 1. The summed E-state index contributed by atoms with van der Waals surface area (Å²) in [6.07, 6.45) is 0. The van der Waals surface area contributed by atoms with E-state index in [4.69, 9.17) is 28.3 Å². The quantitative estimate of drug-likeness (QED) is 0.623. The van der Waals surface area contributed by atoms with Gasteiger partial charge in [-0.25, -0.2) is 14.8 Å². The summed E-state index contributed by atoms with van der Waals surface area (Å²) >= 11 is 12.4. The normalized spacial score (nSPS) is 10.7. The minimum absolute atomic E-state index is 0.0113. The summed E-state index contributed by atoms with van der Waals surface area (Å²) < 4.78 is 0.536. The van der Waals surface area contributed by atoms with Gasteiger partial charge in [0.1, 0.15) is 4.88 Å². The van der Waals surface area contributed by atoms with Gasteiger partial charge in [-0.3, -0.25) is 0 Å². The molecule has 0 unspecified atom stereocenters. The summed E-state index contributed by atoms with van der Waals surface area (Å²) in [4.78, 5) is 18.4. The summed E-state index contributed by atoms with van der Waals surface area (Å²) in [6, 6.07) is 1.42. The monoisotopic (exact) mass is 248 g/mol. The number of halogens is 2. The topological polar surface area (TPSA) is 63.1 Å². The summed E-state index contributed by atoms with van der Waals surface area (Å²) in [5.74, 6) is -1.01. The highest BCUT2D eigenvalue weighted by Gasteiger charge is 2.13. The van der Waals surface area contributed by atoms with E-state index in [9.17, 15) is 4.79 Å². The first-order chi connectivity index (χ1) is 6.58. The lowest BCUT2D eigenvalue weighted by Gasteiger charge is -1.91. The Bertz CT molecular complexity index is 526. The van der Waals surface area contributed by atoms with Gasteiger partial charge in [0.2, 0.25) is 5.28 Å². The smallest absolute Gasteiger partial charge is 0.345 e. The molecule has 2 heterocycles. The Hall–Kier alpha value is -0.910. The molecule has 0 bridgehead atoms. The largest absolute Gasteiger partial charge is 0.477 e. The molecular weight excluding hydrogens is 247 g/mol. The fraction of sp³-hybridized carbons (Fsp3) is 0. The predicted octanol–water partition coefficient (Wildman–Crippen LogP) is 2.70. The van der Waals surface area contributed by atoms with Gasteiger partial charge >= 0.3 is 5.97 Å². The second-order valence-corrected chi connectivity index (χ2v) is 4.16. The van der Waals surface area contributed by atoms with E-state index in [1.807, 2.05) is 0 Å². The third-order valence-corrected chi connectivity index (χ3v) is 3.19. The molecule has 72 valence electrons. The van der Waals surface area contributed by atoms with Crippen molar-refractivity contribution >= 4 is 50.7 Å². The van der Waals surface area contributed by atoms with Gasteiger partial charge in [0.25, 0.3) is 0 Å². The van der Waals surface area contributed by atoms with Gasteiger partial charge < -0.3 is 5.11 Å². The fourth-order valence-electron chi connectivity index (χ4n) is 0.974. The molecule has 14 heavy (non-hydrogen) atoms. The molecule has 7 heteroatoms. The van der Waals surface area contributed by atoms with Crippen molar-refractivity contribution in [2.24, 2.45) is 0 Å². The molecule has 0 aliphatic heterocycles. The van der Waals surface area contributed by atoms with E-state index in [1.54, 1.807) is 0 Å². The Morgan fingerprint density at radius 1 is 1.43 bits per heavy atom. The van der Waals surface area contributed by atoms with Crippen LogP contribution in [0.2, 0.25) is 10.4 Å². The number of carboxylic acid groups (broad SMARTS) is 1. The van der Waals surface area contributed by atoms with E-state index >= 15 is 0 Å². The Labute approximate surface area is 92.1 Å². The molecule has 0 radical (unpaired) electrons. The van der Waals surface area contributed by atoms with E-state index in [-0.39, 0.29) is 15.3 Å². The summed E-state index contributed by atoms with van der Waals surface area (Å²) in [5, 5.41) is 8.92. The van der Waals surface area contributed by atoms with E-state index < -0.39 is 5.97 Å². The molecule has 0 fully saturated rings. The summed E-state index contributed by atoms with van der Waals surface area (Å²) in [5.41, 5.74) is 0.456. The Morgan fingerprint density at radius 2 is 2.14 bits per heavy atom. The van der Waals surface area contributed by atoms with Crippen molar-refractivity contribution in [1.29, 1.82) is 0 Å². The third-order valence-electron chi connectivity index (χ3n) is 1.51. The highest BCUT2D eigenvalue weighted by molar-refractivity contribution is 7.21. The zero-order chi connectivity index (χ0) is 10.3. The van der Waals surface area contributed by atoms with Crippen LogP contribution in [0, 0.1) is 0 Å². The average molecular weight is 249 g/mol. The van der Waals surface area contributed by atoms with Crippen LogP contribution in [0.5, 0.6) is 0 Å². The van der Waals surface area contributed by atoms with E-state index in [0.29, 0.717) is 10.2 Å². The van der Waals surface area contributed by atoms with Crippen molar-refractivity contribution in [2.45, 2.75) is 0 Å². The van der Waals surface area contributed by atoms with E-state index in [2.05, 4.69) is 9.97 Å². The van der Waals surface area contributed by atoms with Gasteiger partial charge in [0.05, 0.1) is 10.2 Å². The van der Waals surface area contributed by atoms with Crippen LogP contribution in [-0.4, -0.2) is 21.0 Å². The number of aromatic nitrogens is 2. The molecule has 1 N–H and O–H groups in total. The first-order valence-corrected chi connectivity index (χ1v) is 5.01. The first-order valence-electron chi connectivity index (χ1n) is 3.44. The van der Waals surface area contributed by atoms with Gasteiger partial charge in [0, 0.05) is 0 Å². The van der Waals surface area contributed by atoms with Crippen LogP contribution in [0.25, 0.3) is 10.2 Å². The molecule has 0 aromatic carbocycles. The molecule has 4 nitrogen and oxygen atoms in total. The molecule has 2 aromatic heterocycles. The Kier molecular flexibility index (Phi) is 2.30. The molecule has 0 aliphatic rings. The van der Waals surface area contributed by atoms with Gasteiger partial charge in [-0.1, -0.05) is 11.6 Å². The average Bonchev–Trinajstić information content (AvgIpc) is 2.47. The van der Waals surface area contributed by atoms with E-state index in [1.165, 1.54) is 6.07 Å². The second-order valence-electron chi connectivity index (χ2n) is 2.41. The first kappa shape index (κ1) is 9.64. The minimum atomic E-state index is -1.01. The highest BCUT2D eigenvalue weighted by Crippen LogP contribution is 2.30. The number of thiophene rings is 1. The summed E-state index contributed by atoms with van der Waals surface area (Å²) in [7, 11) is 0. The number of hydrogen-bond donors (Lipinski definition) is 1. The number of aromatic carboxylic acids is 1. The molecule has 2 rings (SSSR count). The lowest BCUT2D eigenvalue weighted by atomic mass is 10.4. The number of carbonyl (C=O) groups is 1. The molecular formula is C7H2Cl2N2O2S. The maximum absolute atomic E-state index is 10.7. The van der Waals surface area contributed by atoms with Crippen molar-refractivity contribution in [3.8, 4) is 0 Å². The van der Waals surface area contributed by atoms with Crippen molar-refractivity contribution < 1.29 is 9.90 Å². The van der Waals surface area contributed by atoms with E-state index in [0.717, 1.165) is 11.3 Å². The molecule has 0 spiro atoms. The van der Waals surface area contributed by atoms with Crippen LogP contribution in [0.4, 0.5) is 0 Å². The maximum atomic E-state index is 10.7. The minimum Gasteiger partial charge on any atom is -0.477 e. The van der Waals surface area contributed by atoms with Gasteiger partial charge in [-0.05, 0) is 17.7 Å². The standard InChI is InChI=1S/C7H2Cl2N2O2S/c8-5-4-2(10-7(9)11-5)1-3(14-4)6(12)13/h1H,(H,12,13). The molecule has 0 aliphatic carbocycles. The van der Waals surface area contributed by atoms with Crippen LogP contribution in [0.3, 0.4) is 0 Å². The lowest BCUT2D eigenvalue weighted by Crippen LogP contribution is -1.89. The van der Waals surface area contributed by atoms with Crippen LogP contribution < -0.4 is 0 Å². The van der Waals surface area contributed by atoms with Crippen LogP contribution in [-0.2, 0) is 0 Å². The molecule has 0 saturated carbocycles. The number of fused-ring (bicyclic) bond motifs is 1. The molecule has 0 amide bonds. The van der Waals surface area contributed by atoms with Crippen molar-refractivity contribution in [2.75, 3.05) is 0 Å². The lowest BCUT2D eigenvalue weighted by molar-refractivity contribution is 0.0702. The van der Waals surface area contributed by atoms with Crippen LogP contribution >= 0.6 is 34.5 Å². The zero-order valence-electron chi connectivity index (χ0n) is 6.49. The third kappa shape index (κ3) is 1.54. The predicted molar refractivity (Wildman–Crippen MR) is 54.4 cm³/mol. The van der Waals surface area contributed by atoms with Crippen molar-refractivity contribution in [3.63, 3.8) is 0 Å². The number of carboxylic acids is 1. The summed E-state index contributed by atoms with van der Waals surface area (Å²) in [6.45, 7) is 0. The van der Waals surface area contributed by atoms with Gasteiger partial charge in [0.15, 0.2) is 5.15 Å². The highest BCUT2D eigenvalue weighted by atomic mass is 35.5. The van der Waals surface area contributed by atoms with Crippen LogP contribution in [0.15, 0.2) is 6.07 Å². The SMILES string of the molecule is O=C(O)c1cc2nc(Cl)nc(Cl)c2s1. The fourth-order valence-corrected chi connectivity index (χ4v) is 2.30. The second kappa shape index (κ2) is 3.34.